The number of rotatable bonds is 9. The number of hydrogen-bond donors (Lipinski definition) is 3. The quantitative estimate of drug-likeness (QED) is 0.612. The van der Waals surface area contributed by atoms with Gasteiger partial charge in [-0.3, -0.25) is 14.9 Å². The van der Waals surface area contributed by atoms with Gasteiger partial charge in [-0.15, -0.1) is 0 Å². The van der Waals surface area contributed by atoms with Gasteiger partial charge in [-0.2, -0.15) is 0 Å². The van der Waals surface area contributed by atoms with Crippen molar-refractivity contribution < 1.29 is 24.3 Å². The third kappa shape index (κ3) is 5.31. The number of aliphatic carboxylic acids is 2. The molecule has 3 N–H and O–H groups in total. The molecule has 0 aliphatic heterocycles. The first-order valence-corrected chi connectivity index (χ1v) is 8.58. The van der Waals surface area contributed by atoms with Crippen LogP contribution in [0.15, 0.2) is 34.9 Å². The van der Waals surface area contributed by atoms with E-state index >= 15 is 0 Å². The van der Waals surface area contributed by atoms with Gasteiger partial charge in [0.05, 0.1) is 10.7 Å². The Morgan fingerprint density at radius 3 is 2.42 bits per heavy atom. The first kappa shape index (κ1) is 19.9. The largest absolute Gasteiger partial charge is 0.480 e. The van der Waals surface area contributed by atoms with Gasteiger partial charge < -0.3 is 14.7 Å². The number of carbonyl (C=O) groups is 2. The Morgan fingerprint density at radius 2 is 1.85 bits per heavy atom. The molecule has 0 radical (unpaired) electrons. The lowest BCUT2D eigenvalue weighted by atomic mass is 10.0. The van der Waals surface area contributed by atoms with E-state index in [4.69, 9.17) is 16.1 Å². The van der Waals surface area contributed by atoms with Gasteiger partial charge in [0.2, 0.25) is 0 Å². The van der Waals surface area contributed by atoms with Crippen LogP contribution in [0.5, 0.6) is 0 Å². The lowest BCUT2D eigenvalue weighted by molar-refractivity contribution is -0.142. The van der Waals surface area contributed by atoms with Crippen molar-refractivity contribution >= 4 is 23.5 Å². The Labute approximate surface area is 156 Å². The van der Waals surface area contributed by atoms with E-state index in [1.165, 1.54) is 0 Å². The molecular formula is C18H21ClN2O5. The van der Waals surface area contributed by atoms with Crippen LogP contribution >= 0.6 is 11.6 Å². The van der Waals surface area contributed by atoms with Gasteiger partial charge in [-0.1, -0.05) is 42.7 Å². The van der Waals surface area contributed by atoms with E-state index in [0.29, 0.717) is 28.5 Å². The summed E-state index contributed by atoms with van der Waals surface area (Å²) in [5.41, 5.74) is 1.05. The number of nitrogens with one attached hydrogen (secondary N) is 1. The lowest BCUT2D eigenvalue weighted by Gasteiger charge is -2.21. The summed E-state index contributed by atoms with van der Waals surface area (Å²) in [5, 5.41) is 25.8. The second kappa shape index (κ2) is 8.82. The van der Waals surface area contributed by atoms with Crippen molar-refractivity contribution in [3.05, 3.63) is 41.0 Å². The monoisotopic (exact) mass is 380 g/mol. The molecule has 26 heavy (non-hydrogen) atoms. The molecule has 1 aromatic heterocycles. The maximum absolute atomic E-state index is 11.5. The summed E-state index contributed by atoms with van der Waals surface area (Å²) in [6.45, 7) is 3.75. The van der Waals surface area contributed by atoms with Gasteiger partial charge in [0.25, 0.3) is 0 Å². The van der Waals surface area contributed by atoms with Gasteiger partial charge >= 0.3 is 11.9 Å². The van der Waals surface area contributed by atoms with E-state index in [1.54, 1.807) is 30.3 Å². The van der Waals surface area contributed by atoms with Gasteiger partial charge in [-0.25, -0.2) is 0 Å². The standard InChI is InChI=1S/C18H21ClN2O5/c1-10(2)7-14(17(22)23)20-15(18(24)25)8-11-9-16(26-21-11)12-5-3-4-6-13(12)19/h3-6,9-10,14-15,20H,7-8H2,1-2H3,(H,22,23)(H,24,25)/t14-,15-/m0/s1. The molecule has 0 aliphatic carbocycles. The van der Waals surface area contributed by atoms with E-state index in [2.05, 4.69) is 10.5 Å². The van der Waals surface area contributed by atoms with Gasteiger partial charge in [0.15, 0.2) is 5.76 Å². The molecule has 0 bridgehead atoms. The average molecular weight is 381 g/mol. The molecule has 0 saturated heterocycles. The zero-order chi connectivity index (χ0) is 19.3. The average Bonchev–Trinajstić information content (AvgIpc) is 3.01. The fraction of sp³-hybridized carbons (Fsp3) is 0.389. The maximum Gasteiger partial charge on any atom is 0.321 e. The zero-order valence-electron chi connectivity index (χ0n) is 14.5. The minimum Gasteiger partial charge on any atom is -0.480 e. The Bertz CT molecular complexity index is 774. The summed E-state index contributed by atoms with van der Waals surface area (Å²) in [4.78, 5) is 22.9. The summed E-state index contributed by atoms with van der Waals surface area (Å²) in [6, 6.07) is 6.62. The Kier molecular flexibility index (Phi) is 6.76. The van der Waals surface area contributed by atoms with Crippen molar-refractivity contribution in [1.82, 2.24) is 10.5 Å². The number of halogens is 1. The van der Waals surface area contributed by atoms with Gasteiger partial charge in [0, 0.05) is 18.1 Å². The molecule has 2 atom stereocenters. The predicted octanol–water partition coefficient (Wildman–Crippen LogP) is 3.08. The number of aromatic nitrogens is 1. The van der Waals surface area contributed by atoms with Crippen LogP contribution in [-0.4, -0.2) is 39.4 Å². The molecule has 2 aromatic rings. The molecule has 8 heteroatoms. The minimum absolute atomic E-state index is 0.00877. The summed E-state index contributed by atoms with van der Waals surface area (Å²) in [5.74, 6) is -1.70. The molecule has 0 aliphatic rings. The number of carboxylic acid groups (broad SMARTS) is 2. The van der Waals surface area contributed by atoms with E-state index < -0.39 is 24.0 Å². The van der Waals surface area contributed by atoms with E-state index in [0.717, 1.165) is 0 Å². The normalized spacial score (nSPS) is 13.5. The van der Waals surface area contributed by atoms with Gasteiger partial charge in [-0.05, 0) is 24.5 Å². The molecule has 0 spiro atoms. The number of hydrogen-bond acceptors (Lipinski definition) is 5. The SMILES string of the molecule is CC(C)C[C@H](N[C@@H](Cc1cc(-c2ccccc2Cl)on1)C(=O)O)C(=O)O. The van der Waals surface area contributed by atoms with Crippen molar-refractivity contribution in [2.24, 2.45) is 5.92 Å². The Hall–Kier alpha value is -2.38. The molecule has 140 valence electrons. The smallest absolute Gasteiger partial charge is 0.321 e. The van der Waals surface area contributed by atoms with Crippen molar-refractivity contribution in [2.45, 2.75) is 38.8 Å². The first-order chi connectivity index (χ1) is 12.3. The van der Waals surface area contributed by atoms with E-state index in [9.17, 15) is 19.8 Å². The fourth-order valence-corrected chi connectivity index (χ4v) is 2.81. The number of benzene rings is 1. The summed E-state index contributed by atoms with van der Waals surface area (Å²) < 4.78 is 5.26. The second-order valence-corrected chi connectivity index (χ2v) is 6.85. The minimum atomic E-state index is -1.15. The zero-order valence-corrected chi connectivity index (χ0v) is 15.2. The number of nitrogens with zero attached hydrogens (tertiary/aromatic N) is 1. The highest BCUT2D eigenvalue weighted by atomic mass is 35.5. The molecular weight excluding hydrogens is 360 g/mol. The maximum atomic E-state index is 11.5. The highest BCUT2D eigenvalue weighted by Gasteiger charge is 2.27. The summed E-state index contributed by atoms with van der Waals surface area (Å²) in [7, 11) is 0. The van der Waals surface area contributed by atoms with Crippen molar-refractivity contribution in [2.75, 3.05) is 0 Å². The molecule has 1 heterocycles. The molecule has 0 fully saturated rings. The van der Waals surface area contributed by atoms with Crippen LogP contribution in [0.2, 0.25) is 5.02 Å². The van der Waals surface area contributed by atoms with Crippen LogP contribution in [0.1, 0.15) is 26.0 Å². The molecule has 0 saturated carbocycles. The third-order valence-corrected chi connectivity index (χ3v) is 4.15. The third-order valence-electron chi connectivity index (χ3n) is 3.82. The van der Waals surface area contributed by atoms with Crippen LogP contribution in [0.25, 0.3) is 11.3 Å². The molecule has 2 rings (SSSR count). The topological polar surface area (TPSA) is 113 Å². The summed E-state index contributed by atoms with van der Waals surface area (Å²) >= 11 is 6.12. The fourth-order valence-electron chi connectivity index (χ4n) is 2.58. The lowest BCUT2D eigenvalue weighted by Crippen LogP contribution is -2.48. The highest BCUT2D eigenvalue weighted by molar-refractivity contribution is 6.33. The first-order valence-electron chi connectivity index (χ1n) is 8.20. The molecule has 0 unspecified atom stereocenters. The van der Waals surface area contributed by atoms with E-state index in [-0.39, 0.29) is 12.3 Å². The molecule has 1 aromatic carbocycles. The predicted molar refractivity (Wildman–Crippen MR) is 96.1 cm³/mol. The van der Waals surface area contributed by atoms with Gasteiger partial charge in [0.1, 0.15) is 12.1 Å². The number of carboxylic acids is 2. The van der Waals surface area contributed by atoms with Crippen molar-refractivity contribution in [3.8, 4) is 11.3 Å². The second-order valence-electron chi connectivity index (χ2n) is 6.44. The Morgan fingerprint density at radius 1 is 1.19 bits per heavy atom. The molecule has 7 nitrogen and oxygen atoms in total. The molecule has 0 amide bonds. The highest BCUT2D eigenvalue weighted by Crippen LogP contribution is 2.28. The van der Waals surface area contributed by atoms with Crippen LogP contribution < -0.4 is 5.32 Å². The Balaban J connectivity index is 2.14. The van der Waals surface area contributed by atoms with Crippen molar-refractivity contribution in [1.29, 1.82) is 0 Å². The van der Waals surface area contributed by atoms with Crippen LogP contribution in [0, 0.1) is 5.92 Å². The van der Waals surface area contributed by atoms with Crippen LogP contribution in [0.3, 0.4) is 0 Å². The van der Waals surface area contributed by atoms with Crippen molar-refractivity contribution in [3.63, 3.8) is 0 Å². The summed E-state index contributed by atoms with van der Waals surface area (Å²) in [6.07, 6.45) is 0.313. The van der Waals surface area contributed by atoms with Crippen LogP contribution in [0.4, 0.5) is 0 Å². The van der Waals surface area contributed by atoms with Crippen LogP contribution in [-0.2, 0) is 16.0 Å². The van der Waals surface area contributed by atoms with E-state index in [1.807, 2.05) is 13.8 Å².